The van der Waals surface area contributed by atoms with Crippen molar-refractivity contribution in [2.75, 3.05) is 38.2 Å². The molecule has 1 fully saturated rings. The normalized spacial score (nSPS) is 20.2. The van der Waals surface area contributed by atoms with Gasteiger partial charge in [0.15, 0.2) is 12.0 Å². The Labute approximate surface area is 392 Å². The number of aliphatic hydroxyl groups is 4. The number of aliphatic hydroxyl groups excluding tert-OH is 4. The molecule has 360 valence electrons. The fourth-order valence-corrected chi connectivity index (χ4v) is 8.61. The van der Waals surface area contributed by atoms with E-state index in [4.69, 9.17) is 20.1 Å². The maximum atomic E-state index is 14.6. The van der Waals surface area contributed by atoms with Crippen molar-refractivity contribution in [1.82, 2.24) is 10.6 Å². The van der Waals surface area contributed by atoms with Crippen LogP contribution in [0.15, 0.2) is 109 Å². The molecule has 4 atom stereocenters. The third kappa shape index (κ3) is 14.2. The molecular weight excluding hydrogens is 836 g/mol. The van der Waals surface area contributed by atoms with Gasteiger partial charge in [-0.15, -0.1) is 0 Å². The molecule has 6 N–H and O–H groups in total. The van der Waals surface area contributed by atoms with E-state index in [2.05, 4.69) is 134 Å². The smallest absolute Gasteiger partial charge is 0.259 e. The van der Waals surface area contributed by atoms with E-state index in [0.717, 1.165) is 51.5 Å². The number of carbonyl (C=O) groups excluding carboxylic acids is 2. The highest BCUT2D eigenvalue weighted by Gasteiger charge is 2.47. The summed E-state index contributed by atoms with van der Waals surface area (Å²) in [6, 6.07) is 23.3. The predicted molar refractivity (Wildman–Crippen MR) is 263 cm³/mol. The Morgan fingerprint density at radius 3 is 2.02 bits per heavy atom. The lowest BCUT2D eigenvalue weighted by atomic mass is 9.81. The van der Waals surface area contributed by atoms with Gasteiger partial charge < -0.3 is 40.7 Å². The molecule has 1 saturated carbocycles. The molecule has 3 aliphatic rings. The van der Waals surface area contributed by atoms with Crippen molar-refractivity contribution in [3.05, 3.63) is 126 Å². The highest BCUT2D eigenvalue weighted by atomic mass is 19.1. The molecule has 4 unspecified atom stereocenters. The van der Waals surface area contributed by atoms with Gasteiger partial charge in [0.25, 0.3) is 5.91 Å². The van der Waals surface area contributed by atoms with Crippen molar-refractivity contribution in [3.63, 3.8) is 0 Å². The third-order valence-electron chi connectivity index (χ3n) is 12.5. The molecule has 12 heteroatoms. The molecular formula is C54H76FN4O7+. The SMILES string of the molecule is CC.CC(O)Oc1ccc(C(F)C(=O)NCCCCCCNC(=O)CCCCCN2/C(=C/C=C/C=C/C3=[N+](C)c4ccccc4C3(C)C)C(C)(C)c3ccccc32)cc1.OCC1C(O)C1O. The first-order valence-electron chi connectivity index (χ1n) is 23.8. The number of amides is 2. The fourth-order valence-electron chi connectivity index (χ4n) is 8.61. The summed E-state index contributed by atoms with van der Waals surface area (Å²) in [4.78, 5) is 27.2. The molecule has 6 rings (SSSR count). The van der Waals surface area contributed by atoms with Gasteiger partial charge in [-0.1, -0.05) is 114 Å². The third-order valence-corrected chi connectivity index (χ3v) is 12.5. The van der Waals surface area contributed by atoms with Crippen molar-refractivity contribution in [1.29, 1.82) is 0 Å². The van der Waals surface area contributed by atoms with E-state index in [1.807, 2.05) is 13.8 Å². The second-order valence-corrected chi connectivity index (χ2v) is 18.0. The molecule has 0 bridgehead atoms. The van der Waals surface area contributed by atoms with E-state index in [-0.39, 0.29) is 34.8 Å². The van der Waals surface area contributed by atoms with E-state index in [9.17, 15) is 19.1 Å². The summed E-state index contributed by atoms with van der Waals surface area (Å²) < 4.78 is 22.0. The number of nitrogens with zero attached hydrogens (tertiary/aromatic N) is 2. The summed E-state index contributed by atoms with van der Waals surface area (Å²) in [7, 11) is 2.15. The molecule has 0 saturated heterocycles. The highest BCUT2D eigenvalue weighted by Crippen LogP contribution is 2.47. The number of nitrogens with one attached hydrogen (secondary N) is 2. The second kappa shape index (κ2) is 25.7. The van der Waals surface area contributed by atoms with Crippen LogP contribution in [0.5, 0.6) is 5.75 Å². The summed E-state index contributed by atoms with van der Waals surface area (Å²) in [5.41, 5.74) is 7.84. The van der Waals surface area contributed by atoms with Crippen LogP contribution in [0.2, 0.25) is 0 Å². The summed E-state index contributed by atoms with van der Waals surface area (Å²) >= 11 is 0. The highest BCUT2D eigenvalue weighted by molar-refractivity contribution is 6.03. The summed E-state index contributed by atoms with van der Waals surface area (Å²) in [6.07, 6.45) is 13.6. The van der Waals surface area contributed by atoms with Crippen LogP contribution in [-0.2, 0) is 20.4 Å². The van der Waals surface area contributed by atoms with Crippen LogP contribution in [0, 0.1) is 5.92 Å². The van der Waals surface area contributed by atoms with Crippen LogP contribution >= 0.6 is 0 Å². The number of rotatable bonds is 21. The number of benzene rings is 3. The summed E-state index contributed by atoms with van der Waals surface area (Å²) in [6.45, 7) is 16.5. The van der Waals surface area contributed by atoms with Crippen molar-refractivity contribution in [3.8, 4) is 5.75 Å². The van der Waals surface area contributed by atoms with Crippen LogP contribution in [-0.4, -0.2) is 94.3 Å². The number of fused-ring (bicyclic) bond motifs is 2. The number of alkyl halides is 1. The van der Waals surface area contributed by atoms with Crippen LogP contribution < -0.4 is 20.3 Å². The van der Waals surface area contributed by atoms with E-state index in [1.165, 1.54) is 65.1 Å². The van der Waals surface area contributed by atoms with Crippen molar-refractivity contribution in [2.45, 2.75) is 135 Å². The van der Waals surface area contributed by atoms with Gasteiger partial charge in [0.2, 0.25) is 17.8 Å². The molecule has 3 aromatic carbocycles. The quantitative estimate of drug-likeness (QED) is 0.0269. The van der Waals surface area contributed by atoms with Crippen molar-refractivity contribution >= 4 is 28.9 Å². The zero-order valence-corrected chi connectivity index (χ0v) is 40.5. The number of allylic oxidation sites excluding steroid dienone is 6. The first kappa shape index (κ1) is 53.5. The van der Waals surface area contributed by atoms with Gasteiger partial charge in [0, 0.05) is 66.5 Å². The number of unbranched alkanes of at least 4 members (excludes halogenated alkanes) is 5. The Morgan fingerprint density at radius 2 is 1.41 bits per heavy atom. The van der Waals surface area contributed by atoms with Crippen LogP contribution in [0.25, 0.3) is 0 Å². The number of ether oxygens (including phenoxy) is 1. The zero-order valence-electron chi connectivity index (χ0n) is 40.5. The van der Waals surface area contributed by atoms with Gasteiger partial charge >= 0.3 is 0 Å². The maximum Gasteiger partial charge on any atom is 0.259 e. The van der Waals surface area contributed by atoms with E-state index >= 15 is 0 Å². The molecule has 11 nitrogen and oxygen atoms in total. The van der Waals surface area contributed by atoms with Crippen LogP contribution in [0.4, 0.5) is 15.8 Å². The molecule has 2 aliphatic heterocycles. The molecule has 2 heterocycles. The number of para-hydroxylation sites is 2. The van der Waals surface area contributed by atoms with Crippen LogP contribution in [0.1, 0.15) is 123 Å². The molecule has 66 heavy (non-hydrogen) atoms. The number of hydrogen-bond acceptors (Lipinski definition) is 8. The Morgan fingerprint density at radius 1 is 0.803 bits per heavy atom. The molecule has 1 aliphatic carbocycles. The van der Waals surface area contributed by atoms with Gasteiger partial charge in [0.05, 0.1) is 24.2 Å². The summed E-state index contributed by atoms with van der Waals surface area (Å²) in [5, 5.41) is 40.2. The summed E-state index contributed by atoms with van der Waals surface area (Å²) in [5.74, 6) is -0.445. The van der Waals surface area contributed by atoms with Gasteiger partial charge in [-0.2, -0.15) is 4.58 Å². The predicted octanol–water partition coefficient (Wildman–Crippen LogP) is 8.62. The first-order chi connectivity index (χ1) is 31.6. The van der Waals surface area contributed by atoms with Gasteiger partial charge in [0.1, 0.15) is 12.8 Å². The van der Waals surface area contributed by atoms with E-state index < -0.39 is 30.6 Å². The lowest BCUT2D eigenvalue weighted by Crippen LogP contribution is -2.28. The molecule has 3 aromatic rings. The van der Waals surface area contributed by atoms with Gasteiger partial charge in [-0.25, -0.2) is 4.39 Å². The average Bonchev–Trinajstić information content (AvgIpc) is 3.75. The van der Waals surface area contributed by atoms with Crippen LogP contribution in [0.3, 0.4) is 0 Å². The number of halogens is 1. The minimum Gasteiger partial charge on any atom is -0.465 e. The Hall–Kier alpha value is -5.14. The number of hydrogen-bond donors (Lipinski definition) is 6. The average molecular weight is 912 g/mol. The van der Waals surface area contributed by atoms with Crippen molar-refractivity contribution in [2.24, 2.45) is 5.92 Å². The molecule has 0 aromatic heterocycles. The molecule has 0 radical (unpaired) electrons. The topological polar surface area (TPSA) is 155 Å². The zero-order chi connectivity index (χ0) is 48.4. The lowest BCUT2D eigenvalue weighted by Gasteiger charge is -2.27. The lowest BCUT2D eigenvalue weighted by molar-refractivity contribution is -0.401. The molecule has 0 spiro atoms. The Kier molecular flexibility index (Phi) is 20.8. The Bertz CT molecular complexity index is 2140. The van der Waals surface area contributed by atoms with Gasteiger partial charge in [-0.05, 0) is 81.9 Å². The molecule has 2 amide bonds. The first-order valence-corrected chi connectivity index (χ1v) is 23.8. The fraction of sp³-hybridized carbons (Fsp3) is 0.500. The Balaban J connectivity index is 0.000000954. The minimum atomic E-state index is -1.77. The standard InChI is InChI=1S/C48H61FN4O4.C4H8O3.C2H6/c1-35(54)57-37-30-28-36(29-31-37)45(49)46(56)51-33-19-8-7-18-32-50-44(55)27-13-10-20-34-53-41-24-17-15-22-39(41)48(4,5)43(53)26-12-9-11-25-42-47(2,3)38-21-14-16-23-40(38)52(42)6;5-1-2-3(6)4(2)7;1-2/h9,11-12,14-17,21-26,28-31,35,45,54H,7-8,10,13,18-20,27,32-34H2,1-6H3,(H-,50,51,55,56);2-7H,1H2;1-2H3/p+1. The van der Waals surface area contributed by atoms with Gasteiger partial charge in [-0.3, -0.25) is 9.59 Å². The van der Waals surface area contributed by atoms with Crippen molar-refractivity contribution < 1.29 is 43.7 Å². The number of carbonyl (C=O) groups is 2. The largest absolute Gasteiger partial charge is 0.465 e. The number of anilines is 1. The minimum absolute atomic E-state index is 0.0529. The van der Waals surface area contributed by atoms with E-state index in [0.29, 0.717) is 25.3 Å². The maximum absolute atomic E-state index is 14.6. The monoisotopic (exact) mass is 912 g/mol. The van der Waals surface area contributed by atoms with E-state index in [1.54, 1.807) is 0 Å². The second-order valence-electron chi connectivity index (χ2n) is 18.0.